The summed E-state index contributed by atoms with van der Waals surface area (Å²) in [5.41, 5.74) is 11.5. The molecule has 0 aliphatic heterocycles. The van der Waals surface area contributed by atoms with Crippen LogP contribution in [0.25, 0.3) is 0 Å². The normalized spacial score (nSPS) is 13.5. The number of aromatic amines is 1. The minimum absolute atomic E-state index is 0.0290. The van der Waals surface area contributed by atoms with Crippen molar-refractivity contribution in [2.75, 3.05) is 12.3 Å². The SMILES string of the molecule is NCCC(=O)C[C@@H](Cc1cnc[nH]1)C(=O)SCC(N)C(=O)O. The number of ketones is 1. The summed E-state index contributed by atoms with van der Waals surface area (Å²) in [5.74, 6) is -1.84. The Morgan fingerprint density at radius 2 is 2.14 bits per heavy atom. The number of carbonyl (C=O) groups is 3. The van der Waals surface area contributed by atoms with Crippen LogP contribution in [0.2, 0.25) is 0 Å². The van der Waals surface area contributed by atoms with Crippen molar-refractivity contribution in [2.45, 2.75) is 25.3 Å². The molecule has 2 atom stereocenters. The minimum Gasteiger partial charge on any atom is -0.480 e. The second kappa shape index (κ2) is 9.34. The van der Waals surface area contributed by atoms with Crippen LogP contribution in [0.4, 0.5) is 0 Å². The molecule has 1 unspecified atom stereocenters. The number of imidazole rings is 1. The van der Waals surface area contributed by atoms with Crippen LogP contribution in [0.3, 0.4) is 0 Å². The number of carboxylic acid groups (broad SMARTS) is 1. The summed E-state index contributed by atoms with van der Waals surface area (Å²) in [4.78, 5) is 41.4. The van der Waals surface area contributed by atoms with Crippen LogP contribution in [0, 0.1) is 5.92 Å². The molecule has 0 radical (unpaired) electrons. The van der Waals surface area contributed by atoms with E-state index < -0.39 is 17.9 Å². The summed E-state index contributed by atoms with van der Waals surface area (Å²) in [6, 6.07) is -1.11. The van der Waals surface area contributed by atoms with Crippen LogP contribution in [0.1, 0.15) is 18.5 Å². The second-order valence-corrected chi connectivity index (χ2v) is 5.86. The fraction of sp³-hybridized carbons (Fsp3) is 0.538. The van der Waals surface area contributed by atoms with Gasteiger partial charge in [-0.05, 0) is 6.54 Å². The Bertz CT molecular complexity index is 506. The largest absolute Gasteiger partial charge is 0.480 e. The molecule has 9 heteroatoms. The third kappa shape index (κ3) is 6.37. The number of aromatic nitrogens is 2. The van der Waals surface area contributed by atoms with E-state index in [1.165, 1.54) is 6.33 Å². The van der Waals surface area contributed by atoms with Gasteiger partial charge in [0.25, 0.3) is 0 Å². The van der Waals surface area contributed by atoms with E-state index >= 15 is 0 Å². The van der Waals surface area contributed by atoms with E-state index in [4.69, 9.17) is 16.6 Å². The molecule has 0 amide bonds. The lowest BCUT2D eigenvalue weighted by Crippen LogP contribution is -2.33. The van der Waals surface area contributed by atoms with Crippen LogP contribution in [0.5, 0.6) is 0 Å². The Morgan fingerprint density at radius 3 is 2.68 bits per heavy atom. The predicted molar refractivity (Wildman–Crippen MR) is 82.2 cm³/mol. The molecule has 1 aromatic rings. The quantitative estimate of drug-likeness (QED) is 0.450. The van der Waals surface area contributed by atoms with Gasteiger partial charge in [-0.1, -0.05) is 11.8 Å². The van der Waals surface area contributed by atoms with Gasteiger partial charge >= 0.3 is 5.97 Å². The lowest BCUT2D eigenvalue weighted by Gasteiger charge is -2.14. The van der Waals surface area contributed by atoms with Crippen molar-refractivity contribution in [1.82, 2.24) is 9.97 Å². The first kappa shape index (κ1) is 18.3. The van der Waals surface area contributed by atoms with Gasteiger partial charge in [0.2, 0.25) is 0 Å². The first-order valence-corrected chi connectivity index (χ1v) is 7.76. The third-order valence-electron chi connectivity index (χ3n) is 2.97. The Morgan fingerprint density at radius 1 is 1.41 bits per heavy atom. The van der Waals surface area contributed by atoms with Gasteiger partial charge in [0.05, 0.1) is 6.33 Å². The minimum atomic E-state index is -1.16. The zero-order chi connectivity index (χ0) is 16.5. The van der Waals surface area contributed by atoms with Crippen LogP contribution in [0.15, 0.2) is 12.5 Å². The molecule has 0 fully saturated rings. The van der Waals surface area contributed by atoms with Gasteiger partial charge in [-0.3, -0.25) is 14.4 Å². The van der Waals surface area contributed by atoms with Crippen molar-refractivity contribution < 1.29 is 19.5 Å². The van der Waals surface area contributed by atoms with Crippen molar-refractivity contribution in [3.63, 3.8) is 0 Å². The van der Waals surface area contributed by atoms with E-state index in [1.807, 2.05) is 0 Å². The van der Waals surface area contributed by atoms with E-state index in [1.54, 1.807) is 6.20 Å². The Hall–Kier alpha value is -1.71. The van der Waals surface area contributed by atoms with Crippen molar-refractivity contribution in [1.29, 1.82) is 0 Å². The standard InChI is InChI=1S/C13H20N4O4S/c14-2-1-10(18)4-8(3-9-5-16-7-17-9)13(21)22-6-11(15)12(19)20/h5,7-8,11H,1-4,6,14-15H2,(H,16,17)(H,19,20)/t8-,11?/m1/s1. The molecule has 0 saturated carbocycles. The fourth-order valence-electron chi connectivity index (χ4n) is 1.80. The number of Topliss-reactive ketones (excluding diaryl/α,β-unsaturated/α-hetero) is 1. The highest BCUT2D eigenvalue weighted by Gasteiger charge is 2.24. The predicted octanol–water partition coefficient (Wildman–Crippen LogP) is -0.452. The van der Waals surface area contributed by atoms with E-state index in [0.717, 1.165) is 17.5 Å². The van der Waals surface area contributed by atoms with Crippen LogP contribution < -0.4 is 11.5 Å². The monoisotopic (exact) mass is 328 g/mol. The van der Waals surface area contributed by atoms with Crippen molar-refractivity contribution >= 4 is 28.6 Å². The lowest BCUT2D eigenvalue weighted by atomic mass is 9.97. The molecule has 1 aromatic heterocycles. The zero-order valence-electron chi connectivity index (χ0n) is 12.0. The van der Waals surface area contributed by atoms with Crippen LogP contribution >= 0.6 is 11.8 Å². The Labute approximate surface area is 132 Å². The number of nitrogens with one attached hydrogen (secondary N) is 1. The van der Waals surface area contributed by atoms with Gasteiger partial charge in [-0.25, -0.2) is 4.98 Å². The summed E-state index contributed by atoms with van der Waals surface area (Å²) in [6.45, 7) is 0.237. The highest BCUT2D eigenvalue weighted by atomic mass is 32.2. The first-order chi connectivity index (χ1) is 10.4. The number of hydrogen-bond donors (Lipinski definition) is 4. The number of nitrogens with two attached hydrogens (primary N) is 2. The Balaban J connectivity index is 2.64. The molecule has 0 spiro atoms. The van der Waals surface area contributed by atoms with E-state index in [9.17, 15) is 14.4 Å². The number of aliphatic carboxylic acids is 1. The van der Waals surface area contributed by atoms with E-state index in [0.29, 0.717) is 6.42 Å². The summed E-state index contributed by atoms with van der Waals surface area (Å²) in [6.07, 6.45) is 3.70. The number of nitrogens with zero attached hydrogens (tertiary/aromatic N) is 1. The molecule has 0 saturated heterocycles. The van der Waals surface area contributed by atoms with Crippen LogP contribution in [-0.4, -0.2) is 50.3 Å². The van der Waals surface area contributed by atoms with Crippen molar-refractivity contribution in [2.24, 2.45) is 17.4 Å². The highest BCUT2D eigenvalue weighted by molar-refractivity contribution is 8.13. The third-order valence-corrected chi connectivity index (χ3v) is 4.12. The Kier molecular flexibility index (Phi) is 7.78. The number of carbonyl (C=O) groups excluding carboxylic acids is 2. The molecule has 122 valence electrons. The van der Waals surface area contributed by atoms with Gasteiger partial charge in [-0.15, -0.1) is 0 Å². The molecule has 0 aliphatic carbocycles. The van der Waals surface area contributed by atoms with Gasteiger partial charge < -0.3 is 21.6 Å². The second-order valence-electron chi connectivity index (χ2n) is 4.83. The van der Waals surface area contributed by atoms with Gasteiger partial charge in [0, 0.05) is 42.8 Å². The van der Waals surface area contributed by atoms with Crippen molar-refractivity contribution in [3.8, 4) is 0 Å². The molecular weight excluding hydrogens is 308 g/mol. The maximum Gasteiger partial charge on any atom is 0.321 e. The van der Waals surface area contributed by atoms with Crippen molar-refractivity contribution in [3.05, 3.63) is 18.2 Å². The average Bonchev–Trinajstić information content (AvgIpc) is 2.96. The van der Waals surface area contributed by atoms with E-state index in [2.05, 4.69) is 9.97 Å². The molecule has 1 heterocycles. The molecule has 6 N–H and O–H groups in total. The number of hydrogen-bond acceptors (Lipinski definition) is 7. The summed E-state index contributed by atoms with van der Waals surface area (Å²) >= 11 is 0.840. The number of H-pyrrole nitrogens is 1. The maximum atomic E-state index is 12.2. The van der Waals surface area contributed by atoms with Gasteiger partial charge in [0.15, 0.2) is 5.12 Å². The molecular formula is C13H20N4O4S. The molecule has 22 heavy (non-hydrogen) atoms. The molecule has 0 aliphatic rings. The first-order valence-electron chi connectivity index (χ1n) is 6.78. The molecule has 1 rings (SSSR count). The number of carboxylic acids is 1. The summed E-state index contributed by atoms with van der Waals surface area (Å²) in [7, 11) is 0. The average molecular weight is 328 g/mol. The lowest BCUT2D eigenvalue weighted by molar-refractivity contribution is -0.137. The van der Waals surface area contributed by atoms with Gasteiger partial charge in [-0.2, -0.15) is 0 Å². The summed E-state index contributed by atoms with van der Waals surface area (Å²) in [5, 5.41) is 8.47. The number of rotatable bonds is 10. The molecule has 8 nitrogen and oxygen atoms in total. The maximum absolute atomic E-state index is 12.2. The van der Waals surface area contributed by atoms with Gasteiger partial charge in [0.1, 0.15) is 11.8 Å². The van der Waals surface area contributed by atoms with E-state index in [-0.39, 0.29) is 36.0 Å². The molecule has 0 bridgehead atoms. The summed E-state index contributed by atoms with van der Waals surface area (Å²) < 4.78 is 0. The fourth-order valence-corrected chi connectivity index (χ4v) is 2.69. The van der Waals surface area contributed by atoms with Crippen LogP contribution in [-0.2, 0) is 20.8 Å². The number of thioether (sulfide) groups is 1. The topological polar surface area (TPSA) is 152 Å². The highest BCUT2D eigenvalue weighted by Crippen LogP contribution is 2.20. The zero-order valence-corrected chi connectivity index (χ0v) is 12.8. The smallest absolute Gasteiger partial charge is 0.321 e. The molecule has 0 aromatic carbocycles.